The summed E-state index contributed by atoms with van der Waals surface area (Å²) in [6.45, 7) is 11.0. The minimum Gasteiger partial charge on any atom is -0.291 e. The van der Waals surface area contributed by atoms with Crippen LogP contribution in [0.5, 0.6) is 0 Å². The summed E-state index contributed by atoms with van der Waals surface area (Å²) in [7, 11) is 0. The van der Waals surface area contributed by atoms with Gasteiger partial charge in [0.05, 0.1) is 6.67 Å². The predicted octanol–water partition coefficient (Wildman–Crippen LogP) is 4.75. The van der Waals surface area contributed by atoms with Crippen LogP contribution in [0.3, 0.4) is 0 Å². The highest BCUT2D eigenvalue weighted by atomic mass is 15.3. The standard InChI is InChI=1S/C19H38N2/c1-3-20(4-2)17-21(15-18-11-7-5-8-12-18)16-19-13-9-6-10-14-19/h18-19H,3-17H2,1-2H3. The van der Waals surface area contributed by atoms with Crippen molar-refractivity contribution in [3.8, 4) is 0 Å². The van der Waals surface area contributed by atoms with Crippen molar-refractivity contribution < 1.29 is 0 Å². The van der Waals surface area contributed by atoms with Crippen LogP contribution >= 0.6 is 0 Å². The first kappa shape index (κ1) is 17.3. The molecule has 0 bridgehead atoms. The molecule has 0 amide bonds. The smallest absolute Gasteiger partial charge is 0.0506 e. The summed E-state index contributed by atoms with van der Waals surface area (Å²) < 4.78 is 0. The van der Waals surface area contributed by atoms with Gasteiger partial charge in [-0.3, -0.25) is 9.80 Å². The molecule has 0 aromatic heterocycles. The maximum absolute atomic E-state index is 2.82. The maximum Gasteiger partial charge on any atom is 0.0506 e. The summed E-state index contributed by atoms with van der Waals surface area (Å²) >= 11 is 0. The molecule has 0 heterocycles. The van der Waals surface area contributed by atoms with Crippen LogP contribution in [-0.4, -0.2) is 42.6 Å². The highest BCUT2D eigenvalue weighted by Crippen LogP contribution is 2.27. The van der Waals surface area contributed by atoms with Gasteiger partial charge < -0.3 is 0 Å². The minimum absolute atomic E-state index is 0.984. The van der Waals surface area contributed by atoms with Crippen LogP contribution in [0, 0.1) is 11.8 Å². The average Bonchev–Trinajstić information content (AvgIpc) is 2.54. The van der Waals surface area contributed by atoms with Gasteiger partial charge >= 0.3 is 0 Å². The molecular formula is C19H38N2. The van der Waals surface area contributed by atoms with E-state index in [1.54, 1.807) is 0 Å². The van der Waals surface area contributed by atoms with E-state index in [4.69, 9.17) is 0 Å². The van der Waals surface area contributed by atoms with Gasteiger partial charge in [0.2, 0.25) is 0 Å². The molecule has 0 spiro atoms. The van der Waals surface area contributed by atoms with Gasteiger partial charge in [0.1, 0.15) is 0 Å². The predicted molar refractivity (Wildman–Crippen MR) is 92.5 cm³/mol. The van der Waals surface area contributed by atoms with Crippen molar-refractivity contribution in [3.05, 3.63) is 0 Å². The zero-order valence-corrected chi connectivity index (χ0v) is 14.7. The number of nitrogens with zero attached hydrogens (tertiary/aromatic N) is 2. The van der Waals surface area contributed by atoms with Gasteiger partial charge in [0, 0.05) is 13.1 Å². The van der Waals surface area contributed by atoms with Crippen LogP contribution in [0.1, 0.15) is 78.1 Å². The van der Waals surface area contributed by atoms with Crippen LogP contribution in [0.2, 0.25) is 0 Å². The summed E-state index contributed by atoms with van der Waals surface area (Å²) in [6, 6.07) is 0. The van der Waals surface area contributed by atoms with Crippen LogP contribution in [0.25, 0.3) is 0 Å². The van der Waals surface area contributed by atoms with Gasteiger partial charge in [0.15, 0.2) is 0 Å². The minimum atomic E-state index is 0.984. The van der Waals surface area contributed by atoms with E-state index in [-0.39, 0.29) is 0 Å². The molecule has 0 atom stereocenters. The lowest BCUT2D eigenvalue weighted by atomic mass is 9.87. The SMILES string of the molecule is CCN(CC)CN(CC1CCCCC1)CC1CCCCC1. The molecular weight excluding hydrogens is 256 g/mol. The second-order valence-electron chi connectivity index (χ2n) is 7.49. The van der Waals surface area contributed by atoms with Crippen molar-refractivity contribution >= 4 is 0 Å². The molecule has 2 fully saturated rings. The van der Waals surface area contributed by atoms with E-state index in [2.05, 4.69) is 23.6 Å². The molecule has 124 valence electrons. The molecule has 2 rings (SSSR count). The fourth-order valence-electron chi connectivity index (χ4n) is 4.37. The number of hydrogen-bond acceptors (Lipinski definition) is 2. The highest BCUT2D eigenvalue weighted by Gasteiger charge is 2.22. The lowest BCUT2D eigenvalue weighted by Crippen LogP contribution is -2.43. The second kappa shape index (κ2) is 9.84. The number of hydrogen-bond donors (Lipinski definition) is 0. The Morgan fingerprint density at radius 3 is 1.43 bits per heavy atom. The van der Waals surface area contributed by atoms with Gasteiger partial charge in [-0.1, -0.05) is 52.4 Å². The molecule has 0 N–H and O–H groups in total. The molecule has 2 aliphatic carbocycles. The molecule has 0 unspecified atom stereocenters. The van der Waals surface area contributed by atoms with Crippen molar-refractivity contribution in [3.63, 3.8) is 0 Å². The molecule has 0 aliphatic heterocycles. The van der Waals surface area contributed by atoms with Gasteiger partial charge in [-0.25, -0.2) is 0 Å². The van der Waals surface area contributed by atoms with Crippen molar-refractivity contribution in [1.82, 2.24) is 9.80 Å². The summed E-state index contributed by atoms with van der Waals surface area (Å²) in [5, 5.41) is 0. The van der Waals surface area contributed by atoms with Crippen molar-refractivity contribution in [2.24, 2.45) is 11.8 Å². The maximum atomic E-state index is 2.82. The first-order valence-electron chi connectivity index (χ1n) is 9.76. The first-order valence-corrected chi connectivity index (χ1v) is 9.76. The first-order chi connectivity index (χ1) is 10.3. The Bertz CT molecular complexity index is 230. The molecule has 2 nitrogen and oxygen atoms in total. The fourth-order valence-corrected chi connectivity index (χ4v) is 4.37. The van der Waals surface area contributed by atoms with E-state index in [1.165, 1.54) is 97.1 Å². The van der Waals surface area contributed by atoms with Crippen LogP contribution in [0.4, 0.5) is 0 Å². The molecule has 21 heavy (non-hydrogen) atoms. The topological polar surface area (TPSA) is 6.48 Å². The molecule has 0 aromatic carbocycles. The zero-order valence-electron chi connectivity index (χ0n) is 14.7. The average molecular weight is 295 g/mol. The number of rotatable bonds is 8. The van der Waals surface area contributed by atoms with E-state index in [9.17, 15) is 0 Å². The fraction of sp³-hybridized carbons (Fsp3) is 1.00. The van der Waals surface area contributed by atoms with E-state index < -0.39 is 0 Å². The molecule has 0 aromatic rings. The van der Waals surface area contributed by atoms with Crippen LogP contribution in [-0.2, 0) is 0 Å². The molecule has 0 saturated heterocycles. The third-order valence-electron chi connectivity index (χ3n) is 5.78. The zero-order chi connectivity index (χ0) is 14.9. The van der Waals surface area contributed by atoms with E-state index in [0.717, 1.165) is 11.8 Å². The van der Waals surface area contributed by atoms with Crippen LogP contribution < -0.4 is 0 Å². The van der Waals surface area contributed by atoms with Gasteiger partial charge in [0.25, 0.3) is 0 Å². The Morgan fingerprint density at radius 1 is 0.619 bits per heavy atom. The Morgan fingerprint density at radius 2 is 1.05 bits per heavy atom. The Labute approximate surface area is 133 Å². The summed E-state index contributed by atoms with van der Waals surface area (Å²) in [5.41, 5.74) is 0. The summed E-state index contributed by atoms with van der Waals surface area (Å²) in [5.74, 6) is 1.97. The van der Waals surface area contributed by atoms with Crippen molar-refractivity contribution in [2.45, 2.75) is 78.1 Å². The lowest BCUT2D eigenvalue weighted by molar-refractivity contribution is 0.0905. The Hall–Kier alpha value is -0.0800. The molecule has 2 saturated carbocycles. The van der Waals surface area contributed by atoms with E-state index >= 15 is 0 Å². The van der Waals surface area contributed by atoms with Gasteiger partial charge in [-0.2, -0.15) is 0 Å². The Kier molecular flexibility index (Phi) is 8.10. The van der Waals surface area contributed by atoms with Crippen molar-refractivity contribution in [2.75, 3.05) is 32.8 Å². The highest BCUT2D eigenvalue weighted by molar-refractivity contribution is 4.75. The van der Waals surface area contributed by atoms with E-state index in [0.29, 0.717) is 0 Å². The van der Waals surface area contributed by atoms with Gasteiger partial charge in [-0.15, -0.1) is 0 Å². The van der Waals surface area contributed by atoms with Gasteiger partial charge in [-0.05, 0) is 50.6 Å². The van der Waals surface area contributed by atoms with Crippen LogP contribution in [0.15, 0.2) is 0 Å². The third-order valence-corrected chi connectivity index (χ3v) is 5.78. The normalized spacial score (nSPS) is 22.3. The van der Waals surface area contributed by atoms with Crippen molar-refractivity contribution in [1.29, 1.82) is 0 Å². The van der Waals surface area contributed by atoms with E-state index in [1.807, 2.05) is 0 Å². The monoisotopic (exact) mass is 294 g/mol. The largest absolute Gasteiger partial charge is 0.291 e. The quantitative estimate of drug-likeness (QED) is 0.596. The molecule has 2 heteroatoms. The second-order valence-corrected chi connectivity index (χ2v) is 7.49. The Balaban J connectivity index is 1.84. The third kappa shape index (κ3) is 6.28. The summed E-state index contributed by atoms with van der Waals surface area (Å²) in [6.07, 6.45) is 14.8. The summed E-state index contributed by atoms with van der Waals surface area (Å²) in [4.78, 5) is 5.42. The molecule has 2 aliphatic rings. The molecule has 0 radical (unpaired) electrons. The lowest BCUT2D eigenvalue weighted by Gasteiger charge is -2.36.